The molecule has 6 heteroatoms. The Hall–Kier alpha value is -4.16. The van der Waals surface area contributed by atoms with E-state index in [0.717, 1.165) is 69.0 Å². The molecule has 0 unspecified atom stereocenters. The first-order valence-electron chi connectivity index (χ1n) is 14.1. The average Bonchev–Trinajstić information content (AvgIpc) is 3.53. The van der Waals surface area contributed by atoms with Gasteiger partial charge in [-0.25, -0.2) is 4.99 Å². The van der Waals surface area contributed by atoms with Crippen LogP contribution in [-0.4, -0.2) is 24.2 Å². The minimum Gasteiger partial charge on any atom is -0.497 e. The number of aromatic amines is 1. The second-order valence-electron chi connectivity index (χ2n) is 11.8. The van der Waals surface area contributed by atoms with Gasteiger partial charge in [-0.3, -0.25) is 4.79 Å². The lowest BCUT2D eigenvalue weighted by atomic mass is 9.72. The maximum absolute atomic E-state index is 13.8. The number of carbonyl (C=O) groups excluding carboxylic acids is 1. The second-order valence-corrected chi connectivity index (χ2v) is 12.8. The largest absolute Gasteiger partial charge is 0.497 e. The third kappa shape index (κ3) is 5.44. The van der Waals surface area contributed by atoms with Crippen LogP contribution < -0.4 is 10.1 Å². The Bertz CT molecular complexity index is 1730. The third-order valence-electron chi connectivity index (χ3n) is 8.15. The summed E-state index contributed by atoms with van der Waals surface area (Å²) in [5.41, 5.74) is 6.89. The van der Waals surface area contributed by atoms with E-state index in [1.54, 1.807) is 18.4 Å². The van der Waals surface area contributed by atoms with E-state index in [1.165, 1.54) is 4.88 Å². The number of nitrogens with zero attached hydrogens (tertiary/aromatic N) is 1. The van der Waals surface area contributed by atoms with Gasteiger partial charge in [0.25, 0.3) is 5.91 Å². The Labute approximate surface area is 245 Å². The summed E-state index contributed by atoms with van der Waals surface area (Å²) < 4.78 is 5.55. The summed E-state index contributed by atoms with van der Waals surface area (Å²) in [5, 5.41) is 4.91. The van der Waals surface area contributed by atoms with E-state index in [1.807, 2.05) is 72.9 Å². The number of para-hydroxylation sites is 1. The number of amides is 1. The number of ether oxygens (including phenoxy) is 1. The summed E-state index contributed by atoms with van der Waals surface area (Å²) in [6.45, 7) is 6.94. The van der Waals surface area contributed by atoms with Crippen molar-refractivity contribution < 1.29 is 9.53 Å². The summed E-state index contributed by atoms with van der Waals surface area (Å²) in [7, 11) is 1.68. The number of rotatable bonds is 6. The predicted molar refractivity (Wildman–Crippen MR) is 171 cm³/mol. The van der Waals surface area contributed by atoms with Crippen LogP contribution in [0.25, 0.3) is 22.2 Å². The van der Waals surface area contributed by atoms with E-state index in [2.05, 4.69) is 43.2 Å². The molecule has 1 aliphatic carbocycles. The Morgan fingerprint density at radius 2 is 1.78 bits per heavy atom. The van der Waals surface area contributed by atoms with E-state index in [4.69, 9.17) is 9.73 Å². The van der Waals surface area contributed by atoms with Gasteiger partial charge in [-0.1, -0.05) is 69.3 Å². The summed E-state index contributed by atoms with van der Waals surface area (Å²) in [5.74, 6) is 1.26. The van der Waals surface area contributed by atoms with Crippen LogP contribution in [0.15, 0.2) is 83.9 Å². The van der Waals surface area contributed by atoms with E-state index in [-0.39, 0.29) is 11.3 Å². The van der Waals surface area contributed by atoms with Gasteiger partial charge >= 0.3 is 0 Å². The lowest BCUT2D eigenvalue weighted by Gasteiger charge is -2.33. The lowest BCUT2D eigenvalue weighted by molar-refractivity contribution is 0.102. The zero-order valence-electron chi connectivity index (χ0n) is 24.0. The van der Waals surface area contributed by atoms with E-state index in [0.29, 0.717) is 11.5 Å². The number of fused-ring (bicyclic) bond motifs is 2. The normalized spacial score (nSPS) is 15.3. The van der Waals surface area contributed by atoms with E-state index in [9.17, 15) is 4.79 Å². The van der Waals surface area contributed by atoms with E-state index < -0.39 is 0 Å². The molecule has 5 nitrogen and oxygen atoms in total. The molecule has 41 heavy (non-hydrogen) atoms. The SMILES string of the molecule is COc1ccc2[nH]c(-c3ccccc3)c(C=Nc3sc4c(c3C(=O)Nc3ccccc3)CC[C@H](C(C)(C)C)C4)c2c1. The molecule has 0 saturated heterocycles. The Balaban J connectivity index is 1.46. The van der Waals surface area contributed by atoms with Crippen molar-refractivity contribution in [3.05, 3.63) is 100 Å². The highest BCUT2D eigenvalue weighted by Crippen LogP contribution is 2.45. The molecule has 0 radical (unpaired) electrons. The van der Waals surface area contributed by atoms with Gasteiger partial charge in [-0.15, -0.1) is 11.3 Å². The molecule has 2 N–H and O–H groups in total. The van der Waals surface area contributed by atoms with Gasteiger partial charge in [-0.05, 0) is 72.1 Å². The Kier molecular flexibility index (Phi) is 7.26. The Morgan fingerprint density at radius 1 is 1.05 bits per heavy atom. The number of methoxy groups -OCH3 is 1. The first kappa shape index (κ1) is 27.0. The number of nitrogens with one attached hydrogen (secondary N) is 2. The molecule has 0 bridgehead atoms. The number of carbonyl (C=O) groups is 1. The second kappa shape index (κ2) is 11.0. The quantitative estimate of drug-likeness (QED) is 0.203. The van der Waals surface area contributed by atoms with Gasteiger partial charge in [0, 0.05) is 33.2 Å². The summed E-state index contributed by atoms with van der Waals surface area (Å²) in [6, 6.07) is 25.9. The number of aromatic nitrogens is 1. The fourth-order valence-corrected chi connectivity index (χ4v) is 7.03. The van der Waals surface area contributed by atoms with Crippen molar-refractivity contribution in [2.45, 2.75) is 40.0 Å². The molecule has 1 atom stereocenters. The standard InChI is InChI=1S/C35H35N3O2S/c1-35(2,3)23-15-17-26-30(19-23)41-34(31(26)33(39)37-24-13-9-6-10-14-24)36-21-28-27-20-25(40-4)16-18-29(27)38-32(28)22-11-7-5-8-12-22/h5-14,16,18,20-21,23,38H,15,17,19H2,1-4H3,(H,37,39)/t23-/m0/s1. The first-order valence-corrected chi connectivity index (χ1v) is 14.9. The van der Waals surface area contributed by atoms with Crippen LogP contribution in [0, 0.1) is 11.3 Å². The van der Waals surface area contributed by atoms with Crippen molar-refractivity contribution >= 4 is 45.0 Å². The van der Waals surface area contributed by atoms with Crippen molar-refractivity contribution in [1.29, 1.82) is 0 Å². The van der Waals surface area contributed by atoms with Crippen molar-refractivity contribution in [2.75, 3.05) is 12.4 Å². The van der Waals surface area contributed by atoms with Crippen molar-refractivity contribution in [3.8, 4) is 17.0 Å². The predicted octanol–water partition coefficient (Wildman–Crippen LogP) is 9.06. The summed E-state index contributed by atoms with van der Waals surface area (Å²) >= 11 is 1.66. The fraction of sp³-hybridized carbons (Fsp3) is 0.257. The maximum Gasteiger partial charge on any atom is 0.259 e. The summed E-state index contributed by atoms with van der Waals surface area (Å²) in [4.78, 5) is 23.7. The van der Waals surface area contributed by atoms with Crippen LogP contribution in [0.5, 0.6) is 5.75 Å². The Morgan fingerprint density at radius 3 is 2.49 bits per heavy atom. The number of benzene rings is 3. The van der Waals surface area contributed by atoms with Gasteiger partial charge in [0.2, 0.25) is 0 Å². The molecule has 1 amide bonds. The molecule has 0 saturated carbocycles. The number of anilines is 1. The molecule has 3 aromatic carbocycles. The highest BCUT2D eigenvalue weighted by Gasteiger charge is 2.33. The zero-order valence-corrected chi connectivity index (χ0v) is 24.8. The molecule has 208 valence electrons. The smallest absolute Gasteiger partial charge is 0.259 e. The van der Waals surface area contributed by atoms with Crippen LogP contribution in [0.2, 0.25) is 0 Å². The number of hydrogen-bond donors (Lipinski definition) is 2. The monoisotopic (exact) mass is 561 g/mol. The minimum absolute atomic E-state index is 0.0982. The van der Waals surface area contributed by atoms with Gasteiger partial charge in [0.05, 0.1) is 18.4 Å². The molecule has 5 aromatic rings. The molecule has 6 rings (SSSR count). The number of thiophene rings is 1. The third-order valence-corrected chi connectivity index (χ3v) is 9.31. The summed E-state index contributed by atoms with van der Waals surface area (Å²) in [6.07, 6.45) is 4.85. The highest BCUT2D eigenvalue weighted by molar-refractivity contribution is 7.16. The minimum atomic E-state index is -0.0982. The first-order chi connectivity index (χ1) is 19.8. The van der Waals surface area contributed by atoms with Gasteiger partial charge in [0.1, 0.15) is 10.8 Å². The molecular formula is C35H35N3O2S. The maximum atomic E-state index is 13.8. The molecule has 0 spiro atoms. The fourth-order valence-electron chi connectivity index (χ4n) is 5.76. The lowest BCUT2D eigenvalue weighted by Crippen LogP contribution is -2.27. The number of aliphatic imine (C=N–C) groups is 1. The topological polar surface area (TPSA) is 66.5 Å². The molecule has 2 heterocycles. The molecular weight excluding hydrogens is 526 g/mol. The van der Waals surface area contributed by atoms with Crippen LogP contribution in [0.4, 0.5) is 10.7 Å². The molecule has 2 aromatic heterocycles. The van der Waals surface area contributed by atoms with Crippen LogP contribution in [0.3, 0.4) is 0 Å². The van der Waals surface area contributed by atoms with E-state index >= 15 is 0 Å². The molecule has 0 aliphatic heterocycles. The number of H-pyrrole nitrogens is 1. The molecule has 0 fully saturated rings. The van der Waals surface area contributed by atoms with Crippen molar-refractivity contribution in [3.63, 3.8) is 0 Å². The van der Waals surface area contributed by atoms with Gasteiger partial charge in [0.15, 0.2) is 0 Å². The molecule has 1 aliphatic rings. The highest BCUT2D eigenvalue weighted by atomic mass is 32.1. The van der Waals surface area contributed by atoms with Crippen molar-refractivity contribution in [2.24, 2.45) is 16.3 Å². The van der Waals surface area contributed by atoms with Crippen LogP contribution >= 0.6 is 11.3 Å². The van der Waals surface area contributed by atoms with Crippen LogP contribution in [-0.2, 0) is 12.8 Å². The average molecular weight is 562 g/mol. The van der Waals surface area contributed by atoms with Crippen LogP contribution in [0.1, 0.15) is 53.6 Å². The van der Waals surface area contributed by atoms with Crippen molar-refractivity contribution in [1.82, 2.24) is 4.98 Å². The van der Waals surface area contributed by atoms with Gasteiger partial charge < -0.3 is 15.0 Å². The van der Waals surface area contributed by atoms with Gasteiger partial charge in [-0.2, -0.15) is 0 Å². The zero-order chi connectivity index (χ0) is 28.6. The number of hydrogen-bond acceptors (Lipinski definition) is 4.